The van der Waals surface area contributed by atoms with Crippen LogP contribution < -0.4 is 10.2 Å². The number of nitrogens with one attached hydrogen (secondary N) is 1. The van der Waals surface area contributed by atoms with Crippen LogP contribution in [0.1, 0.15) is 49.9 Å². The molecule has 4 rings (SSSR count). The van der Waals surface area contributed by atoms with Gasteiger partial charge >= 0.3 is 0 Å². The zero-order chi connectivity index (χ0) is 20.5. The molecule has 2 bridgehead atoms. The number of rotatable bonds is 1. The number of hydrogen-bond donors (Lipinski definition) is 1. The van der Waals surface area contributed by atoms with Gasteiger partial charge in [0.05, 0.1) is 18.4 Å². The standard InChI is InChI=1S/C21H25FN6O/c1-13(22)11-23-17-7-6-14(2)25-21(29)16-12-24-28-10-8-19(26-20(16)28)27-9-4-5-18(27)15(17)3/h8,10-12,14,18H,3-7,9H2,1-2H3,(H,25,29)/b13-11+,23-17?/t14-,18+/m0/s1. The predicted octanol–water partition coefficient (Wildman–Crippen LogP) is 3.44. The van der Waals surface area contributed by atoms with E-state index in [9.17, 15) is 9.18 Å². The fourth-order valence-corrected chi connectivity index (χ4v) is 3.98. The van der Waals surface area contributed by atoms with Crippen LogP contribution in [0.4, 0.5) is 10.2 Å². The van der Waals surface area contributed by atoms with E-state index >= 15 is 0 Å². The summed E-state index contributed by atoms with van der Waals surface area (Å²) in [4.78, 5) is 24.1. The number of halogens is 1. The lowest BCUT2D eigenvalue weighted by molar-refractivity contribution is 0.0940. The van der Waals surface area contributed by atoms with Crippen molar-refractivity contribution >= 4 is 23.1 Å². The molecule has 7 nitrogen and oxygen atoms in total. The van der Waals surface area contributed by atoms with E-state index in [1.54, 1.807) is 10.7 Å². The van der Waals surface area contributed by atoms with E-state index in [4.69, 9.17) is 4.98 Å². The maximum absolute atomic E-state index is 13.3. The lowest BCUT2D eigenvalue weighted by Crippen LogP contribution is -2.34. The number of carbonyl (C=O) groups excluding carboxylic acids is 1. The number of aliphatic imine (C=N–C) groups is 1. The molecule has 152 valence electrons. The van der Waals surface area contributed by atoms with Gasteiger partial charge in [-0.2, -0.15) is 5.10 Å². The van der Waals surface area contributed by atoms with Gasteiger partial charge in [-0.15, -0.1) is 0 Å². The Bertz CT molecular complexity index is 1020. The molecule has 2 atom stereocenters. The molecule has 1 N–H and O–H groups in total. The molecule has 0 saturated carbocycles. The third kappa shape index (κ3) is 3.79. The van der Waals surface area contributed by atoms with E-state index in [2.05, 4.69) is 26.9 Å². The third-order valence-corrected chi connectivity index (χ3v) is 5.51. The molecule has 0 aromatic carbocycles. The van der Waals surface area contributed by atoms with Gasteiger partial charge in [0.15, 0.2) is 5.65 Å². The number of fused-ring (bicyclic) bond motifs is 3. The second-order valence-corrected chi connectivity index (χ2v) is 7.69. The molecule has 0 aliphatic carbocycles. The Kier molecular flexibility index (Phi) is 5.17. The highest BCUT2D eigenvalue weighted by Gasteiger charge is 2.31. The zero-order valence-corrected chi connectivity index (χ0v) is 16.7. The number of aromatic nitrogens is 3. The molecule has 2 aromatic rings. The van der Waals surface area contributed by atoms with Crippen molar-refractivity contribution in [1.82, 2.24) is 19.9 Å². The normalized spacial score (nSPS) is 25.0. The van der Waals surface area contributed by atoms with Crippen LogP contribution in [0.5, 0.6) is 0 Å². The van der Waals surface area contributed by atoms with Crippen LogP contribution >= 0.6 is 0 Å². The van der Waals surface area contributed by atoms with Crippen molar-refractivity contribution in [2.45, 2.75) is 51.6 Å². The average molecular weight is 396 g/mol. The highest BCUT2D eigenvalue weighted by molar-refractivity contribution is 6.02. The Labute approximate surface area is 169 Å². The topological polar surface area (TPSA) is 74.9 Å². The van der Waals surface area contributed by atoms with Gasteiger partial charge in [0.1, 0.15) is 17.2 Å². The zero-order valence-electron chi connectivity index (χ0n) is 16.7. The minimum absolute atomic E-state index is 0.0445. The predicted molar refractivity (Wildman–Crippen MR) is 111 cm³/mol. The van der Waals surface area contributed by atoms with Crippen molar-refractivity contribution in [3.05, 3.63) is 48.2 Å². The van der Waals surface area contributed by atoms with Crippen molar-refractivity contribution in [1.29, 1.82) is 0 Å². The number of carbonyl (C=O) groups is 1. The van der Waals surface area contributed by atoms with E-state index in [-0.39, 0.29) is 23.8 Å². The largest absolute Gasteiger partial charge is 0.349 e. The summed E-state index contributed by atoms with van der Waals surface area (Å²) < 4.78 is 15.0. The van der Waals surface area contributed by atoms with Crippen LogP contribution in [0.25, 0.3) is 5.65 Å². The molecule has 1 amide bonds. The first-order chi connectivity index (χ1) is 13.9. The van der Waals surface area contributed by atoms with Gasteiger partial charge in [-0.3, -0.25) is 9.79 Å². The highest BCUT2D eigenvalue weighted by Crippen LogP contribution is 2.30. The molecule has 1 saturated heterocycles. The van der Waals surface area contributed by atoms with Gasteiger partial charge < -0.3 is 10.2 Å². The summed E-state index contributed by atoms with van der Waals surface area (Å²) in [6.45, 7) is 8.47. The molecular weight excluding hydrogens is 371 g/mol. The fourth-order valence-electron chi connectivity index (χ4n) is 3.98. The average Bonchev–Trinajstić information content (AvgIpc) is 3.33. The van der Waals surface area contributed by atoms with Gasteiger partial charge in [-0.25, -0.2) is 13.9 Å². The van der Waals surface area contributed by atoms with Crippen molar-refractivity contribution < 1.29 is 9.18 Å². The number of anilines is 1. The minimum atomic E-state index is -0.350. The van der Waals surface area contributed by atoms with Crippen LogP contribution in [-0.4, -0.2) is 44.8 Å². The Hall–Kier alpha value is -3.03. The third-order valence-electron chi connectivity index (χ3n) is 5.51. The summed E-state index contributed by atoms with van der Waals surface area (Å²) in [7, 11) is 0. The van der Waals surface area contributed by atoms with E-state index in [0.717, 1.165) is 36.5 Å². The molecule has 0 radical (unpaired) electrons. The second-order valence-electron chi connectivity index (χ2n) is 7.69. The van der Waals surface area contributed by atoms with E-state index in [1.807, 2.05) is 19.2 Å². The Balaban J connectivity index is 1.80. The Morgan fingerprint density at radius 3 is 3.07 bits per heavy atom. The van der Waals surface area contributed by atoms with Crippen LogP contribution in [0.3, 0.4) is 0 Å². The number of allylic oxidation sites excluding steroid dienone is 1. The Morgan fingerprint density at radius 1 is 1.45 bits per heavy atom. The van der Waals surface area contributed by atoms with Crippen molar-refractivity contribution in [3.63, 3.8) is 0 Å². The second kappa shape index (κ2) is 7.77. The van der Waals surface area contributed by atoms with Gasteiger partial charge in [0.25, 0.3) is 5.91 Å². The van der Waals surface area contributed by atoms with Gasteiger partial charge in [-0.05, 0) is 51.2 Å². The molecule has 29 heavy (non-hydrogen) atoms. The molecule has 2 aliphatic rings. The lowest BCUT2D eigenvalue weighted by atomic mass is 9.96. The molecular formula is C21H25FN6O. The first-order valence-electron chi connectivity index (χ1n) is 9.94. The molecule has 8 heteroatoms. The van der Waals surface area contributed by atoms with E-state index in [0.29, 0.717) is 24.1 Å². The van der Waals surface area contributed by atoms with Crippen molar-refractivity contribution in [2.75, 3.05) is 11.4 Å². The molecule has 0 spiro atoms. The molecule has 4 heterocycles. The van der Waals surface area contributed by atoms with Crippen LogP contribution in [-0.2, 0) is 0 Å². The number of nitrogens with zero attached hydrogens (tertiary/aromatic N) is 5. The fraction of sp³-hybridized carbons (Fsp3) is 0.429. The summed E-state index contributed by atoms with van der Waals surface area (Å²) in [5.74, 6) is 0.225. The summed E-state index contributed by atoms with van der Waals surface area (Å²) in [6.07, 6.45) is 7.82. The van der Waals surface area contributed by atoms with E-state index in [1.165, 1.54) is 13.1 Å². The van der Waals surface area contributed by atoms with Crippen LogP contribution in [0.2, 0.25) is 0 Å². The van der Waals surface area contributed by atoms with Gasteiger partial charge in [0, 0.05) is 24.5 Å². The first kappa shape index (κ1) is 19.3. The quantitative estimate of drug-likeness (QED) is 0.801. The minimum Gasteiger partial charge on any atom is -0.349 e. The van der Waals surface area contributed by atoms with Gasteiger partial charge in [-0.1, -0.05) is 6.58 Å². The highest BCUT2D eigenvalue weighted by atomic mass is 19.1. The Morgan fingerprint density at radius 2 is 2.28 bits per heavy atom. The summed E-state index contributed by atoms with van der Waals surface area (Å²) in [6, 6.07) is 1.86. The number of hydrogen-bond acceptors (Lipinski definition) is 5. The molecule has 0 unspecified atom stereocenters. The van der Waals surface area contributed by atoms with Crippen LogP contribution in [0, 0.1) is 0 Å². The maximum atomic E-state index is 13.3. The van der Waals surface area contributed by atoms with Gasteiger partial charge in [0.2, 0.25) is 0 Å². The van der Waals surface area contributed by atoms with Crippen molar-refractivity contribution in [2.24, 2.45) is 4.99 Å². The summed E-state index contributed by atoms with van der Waals surface area (Å²) in [5.41, 5.74) is 2.64. The van der Waals surface area contributed by atoms with Crippen LogP contribution in [0.15, 0.2) is 47.6 Å². The smallest absolute Gasteiger partial charge is 0.256 e. The maximum Gasteiger partial charge on any atom is 0.256 e. The summed E-state index contributed by atoms with van der Waals surface area (Å²) in [5, 5.41) is 7.26. The number of amides is 1. The molecule has 2 aromatic heterocycles. The molecule has 1 fully saturated rings. The van der Waals surface area contributed by atoms with E-state index < -0.39 is 0 Å². The monoisotopic (exact) mass is 396 g/mol. The van der Waals surface area contributed by atoms with Crippen molar-refractivity contribution in [3.8, 4) is 0 Å². The molecule has 2 aliphatic heterocycles. The first-order valence-corrected chi connectivity index (χ1v) is 9.94. The summed E-state index contributed by atoms with van der Waals surface area (Å²) >= 11 is 0. The lowest BCUT2D eigenvalue weighted by Gasteiger charge is -2.28. The SMILES string of the molecule is C=C1C(=N/C=C(\C)F)CC[C@H](C)NC(=O)c2cnn3ccc(nc23)N2CCC[C@H]12.